The van der Waals surface area contributed by atoms with Gasteiger partial charge in [0.05, 0.1) is 30.0 Å². The second-order valence-electron chi connectivity index (χ2n) is 5.48. The summed E-state index contributed by atoms with van der Waals surface area (Å²) < 4.78 is 35.5. The number of hydrogen-bond donors (Lipinski definition) is 0. The Morgan fingerprint density at radius 2 is 1.76 bits per heavy atom. The number of hydrogen-bond acceptors (Lipinski definition) is 5. The molecule has 5 nitrogen and oxygen atoms in total. The van der Waals surface area contributed by atoms with Gasteiger partial charge in [0.25, 0.3) is 0 Å². The maximum absolute atomic E-state index is 12.2. The maximum Gasteiger partial charge on any atom is 0.178 e. The van der Waals surface area contributed by atoms with Gasteiger partial charge >= 0.3 is 0 Å². The van der Waals surface area contributed by atoms with E-state index in [1.165, 1.54) is 0 Å². The summed E-state index contributed by atoms with van der Waals surface area (Å²) >= 11 is 0. The molecule has 0 amide bonds. The van der Waals surface area contributed by atoms with E-state index in [9.17, 15) is 8.42 Å². The molecule has 0 unspecified atom stereocenters. The van der Waals surface area contributed by atoms with E-state index in [1.807, 2.05) is 37.3 Å². The lowest BCUT2D eigenvalue weighted by molar-refractivity contribution is 0.323. The van der Waals surface area contributed by atoms with Crippen LogP contribution < -0.4 is 14.4 Å². The molecule has 0 aliphatic carbocycles. The molecule has 25 heavy (non-hydrogen) atoms. The molecule has 0 bridgehead atoms. The predicted octanol–water partition coefficient (Wildman–Crippen LogP) is 3.39. The van der Waals surface area contributed by atoms with Crippen molar-refractivity contribution >= 4 is 15.5 Å². The molecule has 0 fully saturated rings. The normalized spacial score (nSPS) is 11.2. The molecule has 0 N–H and O–H groups in total. The number of likely N-dealkylation sites (N-methyl/N-ethyl adjacent to an activating group) is 1. The molecule has 0 atom stereocenters. The van der Waals surface area contributed by atoms with Crippen LogP contribution in [0.5, 0.6) is 11.5 Å². The van der Waals surface area contributed by atoms with Crippen LogP contribution in [0.4, 0.5) is 5.69 Å². The average molecular weight is 363 g/mol. The minimum absolute atomic E-state index is 0.0714. The number of methoxy groups -OCH3 is 1. The molecule has 0 saturated heterocycles. The highest BCUT2D eigenvalue weighted by molar-refractivity contribution is 7.91. The number of benzene rings is 2. The van der Waals surface area contributed by atoms with Gasteiger partial charge in [0.2, 0.25) is 0 Å². The van der Waals surface area contributed by atoms with Gasteiger partial charge in [0.1, 0.15) is 18.1 Å². The number of ether oxygens (including phenoxy) is 2. The number of rotatable bonds is 9. The van der Waals surface area contributed by atoms with Gasteiger partial charge in [-0.1, -0.05) is 25.1 Å². The Kier molecular flexibility index (Phi) is 6.70. The van der Waals surface area contributed by atoms with Crippen LogP contribution in [0.2, 0.25) is 0 Å². The fourth-order valence-corrected chi connectivity index (χ4v) is 3.42. The van der Waals surface area contributed by atoms with E-state index in [2.05, 4.69) is 4.90 Å². The lowest BCUT2D eigenvalue weighted by Crippen LogP contribution is -2.28. The second-order valence-corrected chi connectivity index (χ2v) is 7.76. The zero-order valence-corrected chi connectivity index (χ0v) is 15.8. The topological polar surface area (TPSA) is 55.8 Å². The van der Waals surface area contributed by atoms with Crippen molar-refractivity contribution in [2.75, 3.05) is 37.5 Å². The van der Waals surface area contributed by atoms with Crippen LogP contribution in [0.15, 0.2) is 53.4 Å². The monoisotopic (exact) mass is 363 g/mol. The van der Waals surface area contributed by atoms with E-state index in [0.717, 1.165) is 11.4 Å². The number of nitrogens with zero attached hydrogens (tertiary/aromatic N) is 1. The van der Waals surface area contributed by atoms with Crippen LogP contribution in [0, 0.1) is 0 Å². The zero-order valence-electron chi connectivity index (χ0n) is 14.9. The molecule has 2 aromatic rings. The molecule has 0 radical (unpaired) electrons. The molecular weight excluding hydrogens is 338 g/mol. The first-order valence-electron chi connectivity index (χ1n) is 8.35. The van der Waals surface area contributed by atoms with Crippen molar-refractivity contribution in [3.8, 4) is 11.5 Å². The SMILES string of the molecule is CCN(CCOc1ccccc1)c1cc(S(=O)(=O)CC)ccc1OC. The van der Waals surface area contributed by atoms with Gasteiger partial charge in [-0.15, -0.1) is 0 Å². The molecule has 0 saturated carbocycles. The van der Waals surface area contributed by atoms with Crippen molar-refractivity contribution < 1.29 is 17.9 Å². The standard InChI is InChI=1S/C19H25NO4S/c1-4-20(13-14-24-16-9-7-6-8-10-16)18-15-17(25(21,22)5-2)11-12-19(18)23-3/h6-12,15H,4-5,13-14H2,1-3H3. The maximum atomic E-state index is 12.2. The van der Waals surface area contributed by atoms with Crippen molar-refractivity contribution in [3.63, 3.8) is 0 Å². The van der Waals surface area contributed by atoms with Crippen molar-refractivity contribution in [2.24, 2.45) is 0 Å². The van der Waals surface area contributed by atoms with Crippen LogP contribution in [-0.4, -0.2) is 41.0 Å². The van der Waals surface area contributed by atoms with Crippen LogP contribution in [0.25, 0.3) is 0 Å². The Morgan fingerprint density at radius 1 is 1.04 bits per heavy atom. The third-order valence-electron chi connectivity index (χ3n) is 3.99. The predicted molar refractivity (Wildman–Crippen MR) is 101 cm³/mol. The fourth-order valence-electron chi connectivity index (χ4n) is 2.52. The molecule has 136 valence electrons. The zero-order chi connectivity index (χ0) is 18.3. The highest BCUT2D eigenvalue weighted by Crippen LogP contribution is 2.31. The first-order chi connectivity index (χ1) is 12.0. The molecule has 0 heterocycles. The fraction of sp³-hybridized carbons (Fsp3) is 0.368. The molecule has 0 aliphatic heterocycles. The summed E-state index contributed by atoms with van der Waals surface area (Å²) in [6.45, 7) is 5.49. The lowest BCUT2D eigenvalue weighted by atomic mass is 10.2. The third kappa shape index (κ3) is 4.89. The van der Waals surface area contributed by atoms with Crippen molar-refractivity contribution in [3.05, 3.63) is 48.5 Å². The minimum atomic E-state index is -3.26. The average Bonchev–Trinajstić information content (AvgIpc) is 2.65. The molecular formula is C19H25NO4S. The second kappa shape index (κ2) is 8.76. The molecule has 6 heteroatoms. The smallest absolute Gasteiger partial charge is 0.178 e. The van der Waals surface area contributed by atoms with Gasteiger partial charge in [0, 0.05) is 6.54 Å². The molecule has 0 aromatic heterocycles. The number of anilines is 1. The number of para-hydroxylation sites is 1. The Labute approximate surface area is 150 Å². The van der Waals surface area contributed by atoms with Crippen molar-refractivity contribution in [1.82, 2.24) is 0 Å². The van der Waals surface area contributed by atoms with E-state index in [4.69, 9.17) is 9.47 Å². The minimum Gasteiger partial charge on any atom is -0.495 e. The van der Waals surface area contributed by atoms with Gasteiger partial charge in [-0.05, 0) is 37.3 Å². The van der Waals surface area contributed by atoms with Gasteiger partial charge in [-0.2, -0.15) is 0 Å². The summed E-state index contributed by atoms with van der Waals surface area (Å²) in [6.07, 6.45) is 0. The van der Waals surface area contributed by atoms with Gasteiger partial charge in [-0.25, -0.2) is 8.42 Å². The van der Waals surface area contributed by atoms with Gasteiger partial charge in [-0.3, -0.25) is 0 Å². The summed E-state index contributed by atoms with van der Waals surface area (Å²) in [5.41, 5.74) is 0.760. The summed E-state index contributed by atoms with van der Waals surface area (Å²) in [5, 5.41) is 0. The third-order valence-corrected chi connectivity index (χ3v) is 5.72. The van der Waals surface area contributed by atoms with E-state index < -0.39 is 9.84 Å². The summed E-state index contributed by atoms with van der Waals surface area (Å²) in [6, 6.07) is 14.6. The molecule has 2 aromatic carbocycles. The van der Waals surface area contributed by atoms with E-state index >= 15 is 0 Å². The Balaban J connectivity index is 2.18. The lowest BCUT2D eigenvalue weighted by Gasteiger charge is -2.25. The first kappa shape index (κ1) is 19.1. The van der Waals surface area contributed by atoms with Gasteiger partial charge in [0.15, 0.2) is 9.84 Å². The Bertz CT molecular complexity index is 775. The molecule has 2 rings (SSSR count). The van der Waals surface area contributed by atoms with Crippen molar-refractivity contribution in [2.45, 2.75) is 18.7 Å². The highest BCUT2D eigenvalue weighted by atomic mass is 32.2. The Hall–Kier alpha value is -2.21. The Morgan fingerprint density at radius 3 is 2.36 bits per heavy atom. The van der Waals surface area contributed by atoms with Crippen LogP contribution in [-0.2, 0) is 9.84 Å². The summed E-state index contributed by atoms with van der Waals surface area (Å²) in [4.78, 5) is 2.37. The molecule has 0 spiro atoms. The number of sulfone groups is 1. The summed E-state index contributed by atoms with van der Waals surface area (Å²) in [5.74, 6) is 1.53. The van der Waals surface area contributed by atoms with Crippen LogP contribution in [0.1, 0.15) is 13.8 Å². The summed E-state index contributed by atoms with van der Waals surface area (Å²) in [7, 11) is -1.68. The van der Waals surface area contributed by atoms with E-state index in [1.54, 1.807) is 32.2 Å². The van der Waals surface area contributed by atoms with E-state index in [-0.39, 0.29) is 5.75 Å². The van der Waals surface area contributed by atoms with Crippen LogP contribution >= 0.6 is 0 Å². The quantitative estimate of drug-likeness (QED) is 0.683. The largest absolute Gasteiger partial charge is 0.495 e. The first-order valence-corrected chi connectivity index (χ1v) is 10.0. The van der Waals surface area contributed by atoms with Crippen molar-refractivity contribution in [1.29, 1.82) is 0 Å². The van der Waals surface area contributed by atoms with Crippen LogP contribution in [0.3, 0.4) is 0 Å². The molecule has 0 aliphatic rings. The van der Waals surface area contributed by atoms with Gasteiger partial charge < -0.3 is 14.4 Å². The highest BCUT2D eigenvalue weighted by Gasteiger charge is 2.17. The van der Waals surface area contributed by atoms with E-state index in [0.29, 0.717) is 30.3 Å².